The highest BCUT2D eigenvalue weighted by Crippen LogP contribution is 2.40. The summed E-state index contributed by atoms with van der Waals surface area (Å²) in [6.07, 6.45) is 0. The van der Waals surface area contributed by atoms with Gasteiger partial charge in [0, 0.05) is 32.9 Å². The average Bonchev–Trinajstić information content (AvgIpc) is 3.79. The van der Waals surface area contributed by atoms with E-state index in [-0.39, 0.29) is 46.0 Å². The number of para-hydroxylation sites is 4. The molecule has 0 aliphatic rings. The van der Waals surface area contributed by atoms with Crippen molar-refractivity contribution in [2.45, 2.75) is 0 Å². The summed E-state index contributed by atoms with van der Waals surface area (Å²) >= 11 is 0. The lowest BCUT2D eigenvalue weighted by Gasteiger charge is -2.10. The largest absolute Gasteiger partial charge is 0.439 e. The maximum Gasteiger partial charge on any atom is 0.213 e. The molecule has 9 rings (SSSR count). The molecule has 0 saturated heterocycles. The van der Waals surface area contributed by atoms with Crippen LogP contribution in [0.2, 0.25) is 0 Å². The molecule has 0 aliphatic heterocycles. The minimum atomic E-state index is -0.463. The second-order valence-electron chi connectivity index (χ2n) is 10.0. The predicted molar refractivity (Wildman–Crippen MR) is 170 cm³/mol. The molecular formula is C38H24N2O. The molecule has 0 aliphatic carbocycles. The minimum Gasteiger partial charge on any atom is -0.439 e. The Hall–Kier alpha value is -5.54. The van der Waals surface area contributed by atoms with Crippen molar-refractivity contribution in [2.24, 2.45) is 0 Å². The molecule has 41 heavy (non-hydrogen) atoms. The molecule has 3 nitrogen and oxygen atoms in total. The zero-order valence-electron chi connectivity index (χ0n) is 29.5. The topological polar surface area (TPSA) is 23.0 Å². The molecule has 0 N–H and O–H groups in total. The van der Waals surface area contributed by atoms with E-state index in [0.717, 1.165) is 49.8 Å². The molecule has 0 spiro atoms. The Morgan fingerprint density at radius 3 is 1.88 bits per heavy atom. The summed E-state index contributed by atoms with van der Waals surface area (Å²) in [6.45, 7) is 0. The van der Waals surface area contributed by atoms with Crippen LogP contribution >= 0.6 is 0 Å². The summed E-state index contributed by atoms with van der Waals surface area (Å²) < 4.78 is 78.3. The average molecular weight is 533 g/mol. The molecule has 0 unspecified atom stereocenters. The highest BCUT2D eigenvalue weighted by molar-refractivity contribution is 6.20. The van der Waals surface area contributed by atoms with Gasteiger partial charge < -0.3 is 8.98 Å². The van der Waals surface area contributed by atoms with Crippen molar-refractivity contribution in [1.29, 1.82) is 0 Å². The van der Waals surface area contributed by atoms with E-state index in [0.29, 0.717) is 5.69 Å². The van der Waals surface area contributed by atoms with Gasteiger partial charge in [0.15, 0.2) is 0 Å². The van der Waals surface area contributed by atoms with Gasteiger partial charge in [-0.3, -0.25) is 4.57 Å². The highest BCUT2D eigenvalue weighted by atomic mass is 16.3. The molecule has 0 atom stereocenters. The fraction of sp³-hybridized carbons (Fsp3) is 0. The highest BCUT2D eigenvalue weighted by Gasteiger charge is 2.20. The van der Waals surface area contributed by atoms with Gasteiger partial charge in [-0.15, -0.1) is 0 Å². The lowest BCUT2D eigenvalue weighted by molar-refractivity contribution is 0.645. The van der Waals surface area contributed by atoms with Crippen LogP contribution in [0.5, 0.6) is 0 Å². The molecule has 3 heterocycles. The SMILES string of the molecule is [2H]c1c([2H])c([2H])c2c(c1[2H])c1c([2H])c([2H])c([2H])c([2H])c1n2-c1ccc(-c2ccc3c4c5ccccc5oc4n(-c4ccccc4)c3c2)cc1. The van der Waals surface area contributed by atoms with E-state index < -0.39 is 24.2 Å². The van der Waals surface area contributed by atoms with Gasteiger partial charge in [-0.2, -0.15) is 0 Å². The Balaban J connectivity index is 1.27. The van der Waals surface area contributed by atoms with Gasteiger partial charge in [-0.25, -0.2) is 0 Å². The van der Waals surface area contributed by atoms with E-state index >= 15 is 0 Å². The van der Waals surface area contributed by atoms with Crippen molar-refractivity contribution >= 4 is 54.8 Å². The molecule has 0 saturated carbocycles. The number of benzene rings is 6. The summed E-state index contributed by atoms with van der Waals surface area (Å²) in [6, 6.07) is 28.6. The molecule has 0 radical (unpaired) electrons. The van der Waals surface area contributed by atoms with Crippen LogP contribution in [0.1, 0.15) is 11.0 Å². The van der Waals surface area contributed by atoms with E-state index in [4.69, 9.17) is 15.4 Å². The van der Waals surface area contributed by atoms with Crippen LogP contribution in [0.25, 0.3) is 77.3 Å². The number of fused-ring (bicyclic) bond motifs is 8. The summed E-state index contributed by atoms with van der Waals surface area (Å²) in [5.41, 5.74) is 6.03. The first kappa shape index (κ1) is 15.9. The quantitative estimate of drug-likeness (QED) is 0.222. The fourth-order valence-corrected chi connectivity index (χ4v) is 5.98. The van der Waals surface area contributed by atoms with Crippen molar-refractivity contribution in [3.05, 3.63) is 145 Å². The van der Waals surface area contributed by atoms with Crippen LogP contribution in [-0.2, 0) is 0 Å². The zero-order valence-corrected chi connectivity index (χ0v) is 21.5. The number of hydrogen-bond donors (Lipinski definition) is 0. The number of hydrogen-bond acceptors (Lipinski definition) is 1. The van der Waals surface area contributed by atoms with Crippen LogP contribution in [0.3, 0.4) is 0 Å². The minimum absolute atomic E-state index is 0.0565. The third kappa shape index (κ3) is 3.20. The first-order chi connectivity index (χ1) is 23.7. The normalized spacial score (nSPS) is 14.6. The van der Waals surface area contributed by atoms with Crippen molar-refractivity contribution in [1.82, 2.24) is 9.13 Å². The smallest absolute Gasteiger partial charge is 0.213 e. The Bertz CT molecular complexity index is 2770. The van der Waals surface area contributed by atoms with Gasteiger partial charge in [-0.1, -0.05) is 96.9 Å². The molecule has 9 aromatic rings. The van der Waals surface area contributed by atoms with Crippen LogP contribution in [0.4, 0.5) is 0 Å². The molecule has 0 fully saturated rings. The molecule has 3 heteroatoms. The van der Waals surface area contributed by atoms with Crippen LogP contribution in [-0.4, -0.2) is 9.13 Å². The number of aromatic nitrogens is 2. The Kier molecular flexibility index (Phi) is 3.29. The van der Waals surface area contributed by atoms with Gasteiger partial charge in [0.2, 0.25) is 5.71 Å². The summed E-state index contributed by atoms with van der Waals surface area (Å²) in [5.74, 6) is 0. The monoisotopic (exact) mass is 532 g/mol. The van der Waals surface area contributed by atoms with Crippen LogP contribution < -0.4 is 0 Å². The van der Waals surface area contributed by atoms with Crippen LogP contribution in [0, 0.1) is 0 Å². The summed E-state index contributed by atoms with van der Waals surface area (Å²) in [5, 5.41) is 3.24. The summed E-state index contributed by atoms with van der Waals surface area (Å²) in [4.78, 5) is 0. The van der Waals surface area contributed by atoms with E-state index in [1.165, 1.54) is 4.57 Å². The molecule has 0 amide bonds. The maximum atomic E-state index is 8.79. The molecule has 3 aromatic heterocycles. The molecular weight excluding hydrogens is 500 g/mol. The predicted octanol–water partition coefficient (Wildman–Crippen LogP) is 10.3. The number of furan rings is 1. The van der Waals surface area contributed by atoms with Gasteiger partial charge in [0.25, 0.3) is 0 Å². The lowest BCUT2D eigenvalue weighted by Crippen LogP contribution is -1.94. The fourth-order valence-electron chi connectivity index (χ4n) is 5.98. The van der Waals surface area contributed by atoms with Crippen molar-refractivity contribution < 1.29 is 15.4 Å². The van der Waals surface area contributed by atoms with E-state index in [2.05, 4.69) is 28.8 Å². The molecule has 6 aromatic carbocycles. The van der Waals surface area contributed by atoms with Gasteiger partial charge >= 0.3 is 0 Å². The maximum absolute atomic E-state index is 8.79. The Morgan fingerprint density at radius 2 is 1.12 bits per heavy atom. The zero-order chi connectivity index (χ0) is 33.9. The number of rotatable bonds is 3. The Labute approximate surface area is 247 Å². The van der Waals surface area contributed by atoms with E-state index in [1.54, 1.807) is 12.1 Å². The standard InChI is InChI=1S/C38H24N2O/c1-2-10-27(11-3-1)40-35-24-26(20-23-31(35)37-32-14-6-9-17-36(32)41-38(37)40)25-18-21-28(22-19-25)39-33-15-7-4-12-29(33)30-13-5-8-16-34(30)39/h1-24H/i4D,5D,7D,8D,12D,13D,15D,16D. The second kappa shape index (κ2) is 8.48. The van der Waals surface area contributed by atoms with E-state index in [1.807, 2.05) is 60.7 Å². The first-order valence-corrected chi connectivity index (χ1v) is 13.3. The third-order valence-electron chi connectivity index (χ3n) is 7.79. The first-order valence-electron chi connectivity index (χ1n) is 17.3. The second-order valence-corrected chi connectivity index (χ2v) is 10.0. The lowest BCUT2D eigenvalue weighted by atomic mass is 10.0. The van der Waals surface area contributed by atoms with E-state index in [9.17, 15) is 0 Å². The van der Waals surface area contributed by atoms with Gasteiger partial charge in [0.05, 0.1) is 32.9 Å². The van der Waals surface area contributed by atoms with Crippen molar-refractivity contribution in [2.75, 3.05) is 0 Å². The van der Waals surface area contributed by atoms with Crippen LogP contribution in [0.15, 0.2) is 150 Å². The third-order valence-corrected chi connectivity index (χ3v) is 7.79. The van der Waals surface area contributed by atoms with Gasteiger partial charge in [-0.05, 0) is 59.6 Å². The van der Waals surface area contributed by atoms with Crippen molar-refractivity contribution in [3.8, 4) is 22.5 Å². The Morgan fingerprint density at radius 1 is 0.488 bits per heavy atom. The number of nitrogens with zero attached hydrogens (tertiary/aromatic N) is 2. The van der Waals surface area contributed by atoms with Gasteiger partial charge in [0.1, 0.15) is 5.58 Å². The summed E-state index contributed by atoms with van der Waals surface area (Å²) in [7, 11) is 0. The molecule has 192 valence electrons. The molecule has 0 bridgehead atoms. The van der Waals surface area contributed by atoms with Crippen molar-refractivity contribution in [3.63, 3.8) is 0 Å².